The molecule has 1 aliphatic heterocycles. The molecule has 4 aromatic rings. The fourth-order valence-corrected chi connectivity index (χ4v) is 4.74. The lowest BCUT2D eigenvalue weighted by Crippen LogP contribution is -2.47. The van der Waals surface area contributed by atoms with Crippen LogP contribution < -0.4 is 10.1 Å². The Kier molecular flexibility index (Phi) is 6.16. The molecule has 1 atom stereocenters. The average molecular weight is 500 g/mol. The standard InChI is InChI=1S/C23H23Cl2N7O2/c1-3-31-11-15(12-31)32-10-14(7-27-32)28-23(33)22-17-6-16(4-5-20(17)29-30-22)34-13(2)21-18(24)8-26-9-19(21)25/h4-10,13,15H,3,11-12H2,1-2H3,(H,28,33)(H,29,30)/t13-/m1/s1. The van der Waals surface area contributed by atoms with Gasteiger partial charge in [-0.05, 0) is 31.7 Å². The van der Waals surface area contributed by atoms with E-state index in [0.717, 1.165) is 25.2 Å². The minimum atomic E-state index is -0.425. The van der Waals surface area contributed by atoms with Crippen molar-refractivity contribution < 1.29 is 9.53 Å². The van der Waals surface area contributed by atoms with Crippen molar-refractivity contribution in [1.82, 2.24) is 29.9 Å². The number of benzene rings is 1. The number of anilines is 1. The van der Waals surface area contributed by atoms with Crippen molar-refractivity contribution in [3.05, 3.63) is 64.3 Å². The van der Waals surface area contributed by atoms with Crippen LogP contribution in [-0.4, -0.2) is 55.4 Å². The van der Waals surface area contributed by atoms with Gasteiger partial charge in [-0.3, -0.25) is 24.5 Å². The van der Waals surface area contributed by atoms with Gasteiger partial charge in [-0.15, -0.1) is 0 Å². The quantitative estimate of drug-likeness (QED) is 0.381. The highest BCUT2D eigenvalue weighted by Crippen LogP contribution is 2.33. The third-order valence-corrected chi connectivity index (χ3v) is 6.58. The van der Waals surface area contributed by atoms with Gasteiger partial charge >= 0.3 is 0 Å². The third kappa shape index (κ3) is 4.34. The second-order valence-corrected chi connectivity index (χ2v) is 9.04. The number of carbonyl (C=O) groups is 1. The predicted octanol–water partition coefficient (Wildman–Crippen LogP) is 4.73. The number of pyridine rings is 1. The van der Waals surface area contributed by atoms with E-state index in [1.165, 1.54) is 12.4 Å². The predicted molar refractivity (Wildman–Crippen MR) is 131 cm³/mol. The summed E-state index contributed by atoms with van der Waals surface area (Å²) in [6.07, 6.45) is 6.13. The molecule has 1 aromatic carbocycles. The first-order valence-corrected chi connectivity index (χ1v) is 11.7. The molecule has 0 unspecified atom stereocenters. The Bertz CT molecular complexity index is 1330. The van der Waals surface area contributed by atoms with Crippen LogP contribution in [0.2, 0.25) is 10.0 Å². The maximum absolute atomic E-state index is 13.0. The summed E-state index contributed by atoms with van der Waals surface area (Å²) >= 11 is 12.5. The summed E-state index contributed by atoms with van der Waals surface area (Å²) in [5, 5.41) is 15.9. The summed E-state index contributed by atoms with van der Waals surface area (Å²) in [7, 11) is 0. The number of aromatic nitrogens is 5. The van der Waals surface area contributed by atoms with Crippen LogP contribution >= 0.6 is 23.2 Å². The number of carbonyl (C=O) groups excluding carboxylic acids is 1. The number of fused-ring (bicyclic) bond motifs is 1. The van der Waals surface area contributed by atoms with Crippen LogP contribution in [0.15, 0.2) is 43.0 Å². The molecule has 5 rings (SSSR count). The molecule has 0 saturated carbocycles. The minimum Gasteiger partial charge on any atom is -0.486 e. The average Bonchev–Trinajstić information content (AvgIpc) is 3.40. The Balaban J connectivity index is 1.32. The lowest BCUT2D eigenvalue weighted by molar-refractivity contribution is 0.102. The van der Waals surface area contributed by atoms with Crippen molar-refractivity contribution >= 4 is 45.7 Å². The van der Waals surface area contributed by atoms with Crippen LogP contribution in [0, 0.1) is 0 Å². The van der Waals surface area contributed by atoms with Gasteiger partial charge in [0.1, 0.15) is 11.9 Å². The van der Waals surface area contributed by atoms with Gasteiger partial charge in [0.05, 0.1) is 33.5 Å². The SMILES string of the molecule is CCN1CC(n2cc(NC(=O)c3n[nH]c4ccc(O[C@H](C)c5c(Cl)cncc5Cl)cc34)cn2)C1. The van der Waals surface area contributed by atoms with Crippen LogP contribution in [0.1, 0.15) is 42.0 Å². The number of ether oxygens (including phenoxy) is 1. The lowest BCUT2D eigenvalue weighted by Gasteiger charge is -2.38. The van der Waals surface area contributed by atoms with Gasteiger partial charge in [0.2, 0.25) is 0 Å². The summed E-state index contributed by atoms with van der Waals surface area (Å²) in [6.45, 7) is 6.94. The van der Waals surface area contributed by atoms with Gasteiger partial charge in [0, 0.05) is 42.6 Å². The van der Waals surface area contributed by atoms with Crippen LogP contribution in [-0.2, 0) is 0 Å². The third-order valence-electron chi connectivity index (χ3n) is 5.98. The number of H-pyrrole nitrogens is 1. The Labute approximate surface area is 206 Å². The number of halogens is 2. The smallest absolute Gasteiger partial charge is 0.276 e. The number of hydrogen-bond acceptors (Lipinski definition) is 6. The number of nitrogens with zero attached hydrogens (tertiary/aromatic N) is 5. The highest BCUT2D eigenvalue weighted by Gasteiger charge is 2.27. The van der Waals surface area contributed by atoms with Crippen molar-refractivity contribution in [3.63, 3.8) is 0 Å². The van der Waals surface area contributed by atoms with Gasteiger partial charge in [-0.2, -0.15) is 10.2 Å². The Hall–Kier alpha value is -3.14. The van der Waals surface area contributed by atoms with Crippen LogP contribution in [0.5, 0.6) is 5.75 Å². The summed E-state index contributed by atoms with van der Waals surface area (Å²) < 4.78 is 7.97. The number of aromatic amines is 1. The second-order valence-electron chi connectivity index (χ2n) is 8.23. The minimum absolute atomic E-state index is 0.265. The van der Waals surface area contributed by atoms with E-state index in [1.807, 2.05) is 23.9 Å². The molecule has 9 nitrogen and oxygen atoms in total. The summed E-state index contributed by atoms with van der Waals surface area (Å²) in [4.78, 5) is 19.3. The first kappa shape index (κ1) is 22.6. The van der Waals surface area contributed by atoms with Gasteiger partial charge in [0.25, 0.3) is 5.91 Å². The molecule has 11 heteroatoms. The Morgan fingerprint density at radius 2 is 2.03 bits per heavy atom. The fraction of sp³-hybridized carbons (Fsp3) is 0.304. The summed E-state index contributed by atoms with van der Waals surface area (Å²) in [6, 6.07) is 5.71. The fourth-order valence-electron chi connectivity index (χ4n) is 4.07. The molecular weight excluding hydrogens is 477 g/mol. The zero-order valence-corrected chi connectivity index (χ0v) is 20.1. The molecular formula is C23H23Cl2N7O2. The van der Waals surface area contributed by atoms with E-state index >= 15 is 0 Å². The first-order chi connectivity index (χ1) is 16.4. The monoisotopic (exact) mass is 499 g/mol. The summed E-state index contributed by atoms with van der Waals surface area (Å²) in [5.41, 5.74) is 2.25. The van der Waals surface area contributed by atoms with Crippen molar-refractivity contribution in [1.29, 1.82) is 0 Å². The number of amides is 1. The van der Waals surface area contributed by atoms with Crippen molar-refractivity contribution in [2.24, 2.45) is 0 Å². The molecule has 1 saturated heterocycles. The Morgan fingerprint density at radius 3 is 2.76 bits per heavy atom. The molecule has 176 valence electrons. The second kappa shape index (κ2) is 9.25. The zero-order chi connectivity index (χ0) is 23.8. The lowest BCUT2D eigenvalue weighted by atomic mass is 10.1. The van der Waals surface area contributed by atoms with Crippen molar-refractivity contribution in [2.75, 3.05) is 25.0 Å². The van der Waals surface area contributed by atoms with Crippen LogP contribution in [0.4, 0.5) is 5.69 Å². The Morgan fingerprint density at radius 1 is 1.26 bits per heavy atom. The van der Waals surface area contributed by atoms with Crippen LogP contribution in [0.3, 0.4) is 0 Å². The molecule has 0 spiro atoms. The van der Waals surface area contributed by atoms with Gasteiger partial charge in [-0.1, -0.05) is 30.1 Å². The molecule has 1 aliphatic rings. The van der Waals surface area contributed by atoms with E-state index in [9.17, 15) is 4.79 Å². The highest BCUT2D eigenvalue weighted by molar-refractivity contribution is 6.35. The molecule has 3 aromatic heterocycles. The first-order valence-electron chi connectivity index (χ1n) is 10.9. The maximum Gasteiger partial charge on any atom is 0.276 e. The molecule has 0 bridgehead atoms. The molecule has 0 aliphatic carbocycles. The topological polar surface area (TPSA) is 101 Å². The molecule has 1 fully saturated rings. The number of hydrogen-bond donors (Lipinski definition) is 2. The number of likely N-dealkylation sites (N-methyl/N-ethyl adjacent to an activating group) is 1. The molecule has 1 amide bonds. The largest absolute Gasteiger partial charge is 0.486 e. The number of rotatable bonds is 7. The summed E-state index contributed by atoms with van der Waals surface area (Å²) in [5.74, 6) is 0.220. The van der Waals surface area contributed by atoms with Crippen molar-refractivity contribution in [2.45, 2.75) is 26.0 Å². The van der Waals surface area contributed by atoms with E-state index < -0.39 is 6.10 Å². The molecule has 4 heterocycles. The molecule has 2 N–H and O–H groups in total. The normalized spacial score (nSPS) is 15.3. The number of likely N-dealkylation sites (tertiary alicyclic amines) is 1. The van der Waals surface area contributed by atoms with E-state index in [2.05, 4.69) is 37.4 Å². The maximum atomic E-state index is 13.0. The van der Waals surface area contributed by atoms with Gasteiger partial charge < -0.3 is 10.1 Å². The van der Waals surface area contributed by atoms with Gasteiger partial charge in [0.15, 0.2) is 5.69 Å². The van der Waals surface area contributed by atoms with E-state index in [1.54, 1.807) is 18.3 Å². The number of nitrogens with one attached hydrogen (secondary N) is 2. The van der Waals surface area contributed by atoms with Crippen LogP contribution in [0.25, 0.3) is 10.9 Å². The molecule has 34 heavy (non-hydrogen) atoms. The zero-order valence-electron chi connectivity index (χ0n) is 18.6. The van der Waals surface area contributed by atoms with E-state index in [0.29, 0.717) is 38.5 Å². The molecule has 0 radical (unpaired) electrons. The van der Waals surface area contributed by atoms with E-state index in [-0.39, 0.29) is 11.6 Å². The highest BCUT2D eigenvalue weighted by atomic mass is 35.5. The van der Waals surface area contributed by atoms with Gasteiger partial charge in [-0.25, -0.2) is 0 Å². The van der Waals surface area contributed by atoms with E-state index in [4.69, 9.17) is 27.9 Å². The van der Waals surface area contributed by atoms with Crippen molar-refractivity contribution in [3.8, 4) is 5.75 Å².